The first kappa shape index (κ1) is 8.14. The fourth-order valence-electron chi connectivity index (χ4n) is 1.12. The standard InChI is InChI=1S/C7H14Se2/c1-8-5-7(3-4-7)6-9-2/h3-6H2,1-2H3. The summed E-state index contributed by atoms with van der Waals surface area (Å²) >= 11 is 1.86. The Hall–Kier alpha value is 1.04. The Morgan fingerprint density at radius 2 is 1.56 bits per heavy atom. The van der Waals surface area contributed by atoms with Gasteiger partial charge in [-0.25, -0.2) is 0 Å². The summed E-state index contributed by atoms with van der Waals surface area (Å²) in [5, 5.41) is 3.13. The monoisotopic (exact) mass is 258 g/mol. The van der Waals surface area contributed by atoms with E-state index < -0.39 is 0 Å². The van der Waals surface area contributed by atoms with Crippen LogP contribution >= 0.6 is 0 Å². The molecule has 1 fully saturated rings. The molecule has 1 aliphatic carbocycles. The molecule has 0 aliphatic heterocycles. The van der Waals surface area contributed by atoms with Crippen LogP contribution in [0.5, 0.6) is 0 Å². The Morgan fingerprint density at radius 3 is 1.78 bits per heavy atom. The van der Waals surface area contributed by atoms with Gasteiger partial charge < -0.3 is 0 Å². The van der Waals surface area contributed by atoms with Crippen molar-refractivity contribution in [1.29, 1.82) is 0 Å². The van der Waals surface area contributed by atoms with Crippen molar-refractivity contribution in [2.75, 3.05) is 0 Å². The molecular weight excluding hydrogens is 242 g/mol. The van der Waals surface area contributed by atoms with Gasteiger partial charge in [-0.1, -0.05) is 0 Å². The zero-order chi connectivity index (χ0) is 6.74. The SMILES string of the molecule is C[Se]CC1(C[Se]C)CC1. The molecule has 0 saturated heterocycles. The fourth-order valence-corrected chi connectivity index (χ4v) is 5.98. The molecule has 0 aromatic rings. The third-order valence-corrected chi connectivity index (χ3v) is 5.64. The quantitative estimate of drug-likeness (QED) is 0.676. The van der Waals surface area contributed by atoms with E-state index in [0.29, 0.717) is 0 Å². The van der Waals surface area contributed by atoms with E-state index in [1.165, 1.54) is 0 Å². The van der Waals surface area contributed by atoms with Crippen LogP contribution in [0.4, 0.5) is 0 Å². The van der Waals surface area contributed by atoms with Gasteiger partial charge in [0.05, 0.1) is 0 Å². The molecule has 0 heterocycles. The Balaban J connectivity index is 2.17. The molecule has 0 atom stereocenters. The van der Waals surface area contributed by atoms with Crippen molar-refractivity contribution >= 4 is 29.9 Å². The van der Waals surface area contributed by atoms with Gasteiger partial charge in [-0.15, -0.1) is 0 Å². The van der Waals surface area contributed by atoms with Crippen LogP contribution in [0, 0.1) is 5.41 Å². The molecule has 0 aromatic carbocycles. The van der Waals surface area contributed by atoms with Gasteiger partial charge in [-0.2, -0.15) is 0 Å². The second kappa shape index (κ2) is 3.44. The molecule has 1 rings (SSSR count). The van der Waals surface area contributed by atoms with Crippen LogP contribution < -0.4 is 0 Å². The van der Waals surface area contributed by atoms with Crippen molar-refractivity contribution < 1.29 is 0 Å². The van der Waals surface area contributed by atoms with Crippen molar-refractivity contribution in [3.05, 3.63) is 0 Å². The molecule has 0 unspecified atom stereocenters. The predicted molar refractivity (Wildman–Crippen MR) is 44.5 cm³/mol. The van der Waals surface area contributed by atoms with Gasteiger partial charge in [-0.3, -0.25) is 0 Å². The zero-order valence-corrected chi connectivity index (χ0v) is 9.57. The molecule has 0 nitrogen and oxygen atoms in total. The van der Waals surface area contributed by atoms with E-state index in [4.69, 9.17) is 0 Å². The number of rotatable bonds is 4. The molecular formula is C7H14Se2. The van der Waals surface area contributed by atoms with Crippen LogP contribution in [0.1, 0.15) is 12.8 Å². The summed E-state index contributed by atoms with van der Waals surface area (Å²) in [4.78, 5) is 0. The molecule has 0 radical (unpaired) electrons. The average molecular weight is 256 g/mol. The van der Waals surface area contributed by atoms with Crippen LogP contribution in [0.2, 0.25) is 22.3 Å². The summed E-state index contributed by atoms with van der Waals surface area (Å²) in [6.07, 6.45) is 3.11. The Kier molecular flexibility index (Phi) is 3.11. The summed E-state index contributed by atoms with van der Waals surface area (Å²) < 4.78 is 0. The fraction of sp³-hybridized carbons (Fsp3) is 1.00. The number of hydrogen-bond acceptors (Lipinski definition) is 0. The summed E-state index contributed by atoms with van der Waals surface area (Å²) in [5.41, 5.74) is 0.906. The van der Waals surface area contributed by atoms with Crippen LogP contribution in [0.3, 0.4) is 0 Å². The van der Waals surface area contributed by atoms with E-state index in [0.717, 1.165) is 35.3 Å². The Labute approximate surface area is 70.5 Å². The normalized spacial score (nSPS) is 22.0. The van der Waals surface area contributed by atoms with Crippen molar-refractivity contribution in [1.82, 2.24) is 0 Å². The van der Waals surface area contributed by atoms with Gasteiger partial charge >= 0.3 is 70.5 Å². The third-order valence-electron chi connectivity index (χ3n) is 1.86. The van der Waals surface area contributed by atoms with E-state index in [2.05, 4.69) is 11.6 Å². The van der Waals surface area contributed by atoms with E-state index in [1.54, 1.807) is 23.5 Å². The summed E-state index contributed by atoms with van der Waals surface area (Å²) in [5.74, 6) is 4.74. The van der Waals surface area contributed by atoms with Crippen LogP contribution in [-0.2, 0) is 0 Å². The minimum atomic E-state index is 0.906. The molecule has 2 heteroatoms. The molecule has 54 valence electrons. The molecule has 0 bridgehead atoms. The molecule has 0 N–H and O–H groups in total. The van der Waals surface area contributed by atoms with Gasteiger partial charge in [0.25, 0.3) is 0 Å². The average Bonchev–Trinajstić information content (AvgIpc) is 2.51. The van der Waals surface area contributed by atoms with Gasteiger partial charge in [0.15, 0.2) is 0 Å². The van der Waals surface area contributed by atoms with Crippen molar-refractivity contribution in [3.63, 3.8) is 0 Å². The Morgan fingerprint density at radius 1 is 1.11 bits per heavy atom. The first-order chi connectivity index (χ1) is 4.33. The first-order valence-electron chi connectivity index (χ1n) is 3.31. The molecule has 0 amide bonds. The van der Waals surface area contributed by atoms with Crippen LogP contribution in [0.25, 0.3) is 0 Å². The van der Waals surface area contributed by atoms with E-state index in [1.807, 2.05) is 0 Å². The molecule has 0 spiro atoms. The predicted octanol–water partition coefficient (Wildman–Crippen LogP) is 2.11. The molecule has 1 aliphatic rings. The second-order valence-corrected chi connectivity index (χ2v) is 6.50. The summed E-state index contributed by atoms with van der Waals surface area (Å²) in [7, 11) is 0. The van der Waals surface area contributed by atoms with Gasteiger partial charge in [-0.05, 0) is 0 Å². The maximum absolute atomic E-state index is 2.37. The Bertz CT molecular complexity index is 78.9. The topological polar surface area (TPSA) is 0 Å². The summed E-state index contributed by atoms with van der Waals surface area (Å²) in [6.45, 7) is 0. The van der Waals surface area contributed by atoms with Gasteiger partial charge in [0.1, 0.15) is 0 Å². The van der Waals surface area contributed by atoms with Crippen molar-refractivity contribution in [2.24, 2.45) is 5.41 Å². The van der Waals surface area contributed by atoms with Crippen LogP contribution in [-0.4, -0.2) is 29.9 Å². The number of hydrogen-bond donors (Lipinski definition) is 0. The third kappa shape index (κ3) is 2.27. The molecule has 9 heavy (non-hydrogen) atoms. The molecule has 0 aromatic heterocycles. The van der Waals surface area contributed by atoms with Crippen molar-refractivity contribution in [2.45, 2.75) is 35.1 Å². The van der Waals surface area contributed by atoms with Crippen molar-refractivity contribution in [3.8, 4) is 0 Å². The van der Waals surface area contributed by atoms with Crippen LogP contribution in [0.15, 0.2) is 0 Å². The zero-order valence-electron chi connectivity index (χ0n) is 6.14. The summed E-state index contributed by atoms with van der Waals surface area (Å²) in [6, 6.07) is 0. The minimum absolute atomic E-state index is 0.906. The first-order valence-corrected chi connectivity index (χ1v) is 9.16. The van der Waals surface area contributed by atoms with E-state index >= 15 is 0 Å². The maximum atomic E-state index is 2.37. The van der Waals surface area contributed by atoms with Gasteiger partial charge in [0, 0.05) is 0 Å². The van der Waals surface area contributed by atoms with E-state index in [-0.39, 0.29) is 0 Å². The van der Waals surface area contributed by atoms with Gasteiger partial charge in [0.2, 0.25) is 0 Å². The second-order valence-electron chi connectivity index (χ2n) is 2.87. The van der Waals surface area contributed by atoms with E-state index in [9.17, 15) is 0 Å². The molecule has 1 saturated carbocycles.